The Hall–Kier alpha value is -0.910. The van der Waals surface area contributed by atoms with E-state index >= 15 is 0 Å². The van der Waals surface area contributed by atoms with E-state index in [4.69, 9.17) is 10.3 Å². The average Bonchev–Trinajstić information content (AvgIpc) is 3.10. The largest absolute Gasteiger partial charge is 0.339 e. The van der Waals surface area contributed by atoms with E-state index in [1.165, 1.54) is 32.1 Å². The third-order valence-electron chi connectivity index (χ3n) is 4.08. The van der Waals surface area contributed by atoms with Crippen molar-refractivity contribution >= 4 is 23.7 Å². The van der Waals surface area contributed by atoms with E-state index in [0.29, 0.717) is 12.4 Å². The van der Waals surface area contributed by atoms with Gasteiger partial charge in [0.2, 0.25) is 11.7 Å². The van der Waals surface area contributed by atoms with Gasteiger partial charge in [-0.1, -0.05) is 30.5 Å². The van der Waals surface area contributed by atoms with Crippen LogP contribution in [0.2, 0.25) is 0 Å². The first kappa shape index (κ1) is 15.5. The second kappa shape index (κ2) is 6.70. The Labute approximate surface area is 129 Å². The Morgan fingerprint density at radius 2 is 2.10 bits per heavy atom. The molecule has 110 valence electrons. The second-order valence-electron chi connectivity index (χ2n) is 5.43. The van der Waals surface area contributed by atoms with Crippen LogP contribution in [-0.2, 0) is 6.42 Å². The summed E-state index contributed by atoms with van der Waals surface area (Å²) in [6.07, 6.45) is 7.04. The fourth-order valence-corrected chi connectivity index (χ4v) is 3.56. The maximum absolute atomic E-state index is 6.00. The van der Waals surface area contributed by atoms with Gasteiger partial charge < -0.3 is 10.3 Å². The molecule has 20 heavy (non-hydrogen) atoms. The van der Waals surface area contributed by atoms with E-state index in [2.05, 4.69) is 10.1 Å². The van der Waals surface area contributed by atoms with Gasteiger partial charge in [0.25, 0.3) is 0 Å². The molecule has 2 aromatic heterocycles. The summed E-state index contributed by atoms with van der Waals surface area (Å²) >= 11 is 1.63. The molecule has 0 amide bonds. The number of halogens is 1. The SMILES string of the molecule is Cl.NCC1(Cc2nc(-c3cccs3)no2)CCCCC1. The first-order valence-electron chi connectivity index (χ1n) is 6.88. The molecule has 0 saturated heterocycles. The highest BCUT2D eigenvalue weighted by atomic mass is 35.5. The van der Waals surface area contributed by atoms with Gasteiger partial charge in [-0.25, -0.2) is 0 Å². The van der Waals surface area contributed by atoms with Crippen LogP contribution in [0.4, 0.5) is 0 Å². The Morgan fingerprint density at radius 3 is 2.75 bits per heavy atom. The summed E-state index contributed by atoms with van der Waals surface area (Å²) in [6, 6.07) is 4.01. The molecule has 0 radical (unpaired) electrons. The molecule has 1 aliphatic rings. The summed E-state index contributed by atoms with van der Waals surface area (Å²) < 4.78 is 5.41. The molecule has 1 fully saturated rings. The molecular formula is C14H20ClN3OS. The van der Waals surface area contributed by atoms with Crippen LogP contribution in [0, 0.1) is 5.41 Å². The maximum atomic E-state index is 6.00. The van der Waals surface area contributed by atoms with Crippen molar-refractivity contribution in [3.63, 3.8) is 0 Å². The molecule has 2 heterocycles. The molecule has 2 N–H and O–H groups in total. The highest BCUT2D eigenvalue weighted by molar-refractivity contribution is 7.13. The monoisotopic (exact) mass is 313 g/mol. The zero-order chi connectivity index (χ0) is 13.1. The number of nitrogens with two attached hydrogens (primary N) is 1. The number of hydrogen-bond donors (Lipinski definition) is 1. The van der Waals surface area contributed by atoms with Crippen LogP contribution in [-0.4, -0.2) is 16.7 Å². The van der Waals surface area contributed by atoms with Crippen molar-refractivity contribution in [2.45, 2.75) is 38.5 Å². The van der Waals surface area contributed by atoms with Gasteiger partial charge in [-0.2, -0.15) is 4.98 Å². The zero-order valence-electron chi connectivity index (χ0n) is 11.4. The van der Waals surface area contributed by atoms with E-state index in [-0.39, 0.29) is 17.8 Å². The van der Waals surface area contributed by atoms with Gasteiger partial charge in [-0.3, -0.25) is 0 Å². The summed E-state index contributed by atoms with van der Waals surface area (Å²) in [5.74, 6) is 1.43. The molecule has 0 aliphatic heterocycles. The normalized spacial score (nSPS) is 17.6. The predicted molar refractivity (Wildman–Crippen MR) is 83.1 cm³/mol. The number of hydrogen-bond acceptors (Lipinski definition) is 5. The number of aromatic nitrogens is 2. The Balaban J connectivity index is 0.00000147. The maximum Gasteiger partial charge on any atom is 0.227 e. The molecule has 4 nitrogen and oxygen atoms in total. The second-order valence-corrected chi connectivity index (χ2v) is 6.38. The van der Waals surface area contributed by atoms with Gasteiger partial charge in [-0.15, -0.1) is 23.7 Å². The lowest BCUT2D eigenvalue weighted by molar-refractivity contribution is 0.177. The van der Waals surface area contributed by atoms with E-state index in [9.17, 15) is 0 Å². The summed E-state index contributed by atoms with van der Waals surface area (Å²) in [4.78, 5) is 5.57. The van der Waals surface area contributed by atoms with Crippen molar-refractivity contribution < 1.29 is 4.52 Å². The fraction of sp³-hybridized carbons (Fsp3) is 0.571. The van der Waals surface area contributed by atoms with Crippen LogP contribution in [0.5, 0.6) is 0 Å². The molecule has 3 rings (SSSR count). The van der Waals surface area contributed by atoms with E-state index in [1.807, 2.05) is 17.5 Å². The van der Waals surface area contributed by atoms with Gasteiger partial charge in [0, 0.05) is 6.42 Å². The molecular weight excluding hydrogens is 294 g/mol. The smallest absolute Gasteiger partial charge is 0.227 e. The lowest BCUT2D eigenvalue weighted by atomic mass is 9.72. The van der Waals surface area contributed by atoms with Gasteiger partial charge in [-0.05, 0) is 36.2 Å². The number of thiophene rings is 1. The molecule has 0 spiro atoms. The molecule has 0 atom stereocenters. The molecule has 0 aromatic carbocycles. The van der Waals surface area contributed by atoms with Crippen molar-refractivity contribution in [3.05, 3.63) is 23.4 Å². The Bertz CT molecular complexity index is 520. The summed E-state index contributed by atoms with van der Waals surface area (Å²) in [6.45, 7) is 0.712. The standard InChI is InChI=1S/C14H19N3OS.ClH/c15-10-14(6-2-1-3-7-14)9-12-16-13(17-18-12)11-5-4-8-19-11;/h4-5,8H,1-3,6-7,9-10,15H2;1H. The van der Waals surface area contributed by atoms with Crippen LogP contribution < -0.4 is 5.73 Å². The lowest BCUT2D eigenvalue weighted by Gasteiger charge is -2.34. The fourth-order valence-electron chi connectivity index (χ4n) is 2.91. The molecule has 0 bridgehead atoms. The third-order valence-corrected chi connectivity index (χ3v) is 4.95. The minimum absolute atomic E-state index is 0. The van der Waals surface area contributed by atoms with Gasteiger partial charge >= 0.3 is 0 Å². The number of rotatable bonds is 4. The summed E-state index contributed by atoms with van der Waals surface area (Å²) in [5, 5.41) is 6.09. The molecule has 6 heteroatoms. The van der Waals surface area contributed by atoms with Crippen LogP contribution in [0.3, 0.4) is 0 Å². The molecule has 1 saturated carbocycles. The van der Waals surface area contributed by atoms with Gasteiger partial charge in [0.1, 0.15) is 0 Å². The van der Waals surface area contributed by atoms with Crippen LogP contribution >= 0.6 is 23.7 Å². The highest BCUT2D eigenvalue weighted by Crippen LogP contribution is 2.38. The summed E-state index contributed by atoms with van der Waals surface area (Å²) in [7, 11) is 0. The first-order chi connectivity index (χ1) is 9.31. The summed E-state index contributed by atoms with van der Waals surface area (Å²) in [5.41, 5.74) is 6.18. The van der Waals surface area contributed by atoms with Crippen LogP contribution in [0.1, 0.15) is 38.0 Å². The van der Waals surface area contributed by atoms with Crippen molar-refractivity contribution in [1.29, 1.82) is 0 Å². The highest BCUT2D eigenvalue weighted by Gasteiger charge is 2.33. The Morgan fingerprint density at radius 1 is 1.30 bits per heavy atom. The zero-order valence-corrected chi connectivity index (χ0v) is 13.0. The third kappa shape index (κ3) is 3.22. The van der Waals surface area contributed by atoms with E-state index < -0.39 is 0 Å². The van der Waals surface area contributed by atoms with Crippen LogP contribution in [0.25, 0.3) is 10.7 Å². The average molecular weight is 314 g/mol. The van der Waals surface area contributed by atoms with Gasteiger partial charge in [0.15, 0.2) is 0 Å². The first-order valence-corrected chi connectivity index (χ1v) is 7.76. The van der Waals surface area contributed by atoms with Crippen molar-refractivity contribution in [2.24, 2.45) is 11.1 Å². The molecule has 1 aliphatic carbocycles. The van der Waals surface area contributed by atoms with Crippen molar-refractivity contribution in [2.75, 3.05) is 6.54 Å². The molecule has 0 unspecified atom stereocenters. The quantitative estimate of drug-likeness (QED) is 0.935. The topological polar surface area (TPSA) is 64.9 Å². The number of nitrogens with zero attached hydrogens (tertiary/aromatic N) is 2. The lowest BCUT2D eigenvalue weighted by Crippen LogP contribution is -2.35. The van der Waals surface area contributed by atoms with E-state index in [0.717, 1.165) is 17.2 Å². The Kier molecular flexibility index (Phi) is 5.18. The molecule has 2 aromatic rings. The van der Waals surface area contributed by atoms with E-state index in [1.54, 1.807) is 11.3 Å². The van der Waals surface area contributed by atoms with Crippen molar-refractivity contribution in [1.82, 2.24) is 10.1 Å². The minimum atomic E-state index is 0. The minimum Gasteiger partial charge on any atom is -0.339 e. The van der Waals surface area contributed by atoms with Crippen molar-refractivity contribution in [3.8, 4) is 10.7 Å². The predicted octanol–water partition coefficient (Wildman–Crippen LogP) is 3.67. The van der Waals surface area contributed by atoms with Crippen LogP contribution in [0.15, 0.2) is 22.0 Å². The van der Waals surface area contributed by atoms with Gasteiger partial charge in [0.05, 0.1) is 4.88 Å².